The predicted octanol–water partition coefficient (Wildman–Crippen LogP) is 4.02. The number of hydrogen-bond donors (Lipinski definition) is 2. The minimum Gasteiger partial charge on any atom is -0.486 e. The van der Waals surface area contributed by atoms with Gasteiger partial charge < -0.3 is 9.15 Å². The molecule has 1 heterocycles. The number of para-hydroxylation sites is 1. The number of hydrazine groups is 1. The van der Waals surface area contributed by atoms with Crippen LogP contribution in [-0.2, 0) is 17.8 Å². The number of rotatable bonds is 6. The van der Waals surface area contributed by atoms with Crippen LogP contribution < -0.4 is 15.6 Å². The molecule has 0 saturated heterocycles. The summed E-state index contributed by atoms with van der Waals surface area (Å²) in [5.41, 5.74) is 5.70. The third-order valence-corrected chi connectivity index (χ3v) is 4.56. The van der Waals surface area contributed by atoms with Gasteiger partial charge in [-0.05, 0) is 40.6 Å². The van der Waals surface area contributed by atoms with Crippen molar-refractivity contribution >= 4 is 22.6 Å². The molecule has 0 radical (unpaired) electrons. The van der Waals surface area contributed by atoms with Crippen LogP contribution >= 0.6 is 0 Å². The second-order valence-electron chi connectivity index (χ2n) is 6.69. The third kappa shape index (κ3) is 4.67. The second-order valence-corrected chi connectivity index (χ2v) is 6.69. The van der Waals surface area contributed by atoms with Crippen LogP contribution in [0.15, 0.2) is 89.3 Å². The van der Waals surface area contributed by atoms with Crippen molar-refractivity contribution < 1.29 is 18.7 Å². The summed E-state index contributed by atoms with van der Waals surface area (Å²) in [4.78, 5) is 24.5. The first-order valence-corrected chi connectivity index (χ1v) is 9.51. The van der Waals surface area contributed by atoms with Gasteiger partial charge >= 0.3 is 5.91 Å². The summed E-state index contributed by atoms with van der Waals surface area (Å²) in [6.45, 7) is 0.199. The Balaban J connectivity index is 1.30. The molecule has 0 fully saturated rings. The fourth-order valence-electron chi connectivity index (χ4n) is 3.10. The molecular weight excluding hydrogens is 380 g/mol. The molecule has 3 aromatic carbocycles. The zero-order valence-electron chi connectivity index (χ0n) is 16.1. The highest BCUT2D eigenvalue weighted by molar-refractivity contribution is 5.94. The van der Waals surface area contributed by atoms with Crippen LogP contribution in [0.5, 0.6) is 5.75 Å². The van der Waals surface area contributed by atoms with Crippen molar-refractivity contribution in [1.29, 1.82) is 0 Å². The Hall–Kier alpha value is -4.06. The summed E-state index contributed by atoms with van der Waals surface area (Å²) < 4.78 is 11.1. The van der Waals surface area contributed by atoms with Crippen molar-refractivity contribution in [3.05, 3.63) is 102 Å². The minimum atomic E-state index is -0.535. The molecule has 0 aliphatic heterocycles. The number of amides is 2. The highest BCUT2D eigenvalue weighted by Crippen LogP contribution is 2.19. The summed E-state index contributed by atoms with van der Waals surface area (Å²) in [5, 5.41) is 2.07. The number of furan rings is 1. The Morgan fingerprint density at radius 1 is 0.800 bits per heavy atom. The van der Waals surface area contributed by atoms with Crippen molar-refractivity contribution in [3.8, 4) is 5.75 Å². The first kappa shape index (κ1) is 19.3. The molecule has 30 heavy (non-hydrogen) atoms. The molecule has 0 saturated carbocycles. The van der Waals surface area contributed by atoms with Crippen molar-refractivity contribution in [2.45, 2.75) is 13.0 Å². The first-order chi connectivity index (χ1) is 14.7. The van der Waals surface area contributed by atoms with Crippen LogP contribution in [0.3, 0.4) is 0 Å². The van der Waals surface area contributed by atoms with Gasteiger partial charge in [0.15, 0.2) is 5.76 Å². The van der Waals surface area contributed by atoms with Gasteiger partial charge in [-0.15, -0.1) is 0 Å². The van der Waals surface area contributed by atoms with E-state index in [9.17, 15) is 9.59 Å². The van der Waals surface area contributed by atoms with Gasteiger partial charge in [-0.25, -0.2) is 0 Å². The zero-order valence-corrected chi connectivity index (χ0v) is 16.1. The van der Waals surface area contributed by atoms with Gasteiger partial charge in [0.25, 0.3) is 0 Å². The summed E-state index contributed by atoms with van der Waals surface area (Å²) >= 11 is 0. The van der Waals surface area contributed by atoms with Gasteiger partial charge in [0.1, 0.15) is 18.1 Å². The van der Waals surface area contributed by atoms with Crippen LogP contribution in [0.2, 0.25) is 0 Å². The van der Waals surface area contributed by atoms with E-state index in [1.54, 1.807) is 6.07 Å². The fraction of sp³-hybridized carbons (Fsp3) is 0.0833. The summed E-state index contributed by atoms with van der Waals surface area (Å²) in [6.07, 6.45) is 0.149. The molecule has 2 N–H and O–H groups in total. The van der Waals surface area contributed by atoms with E-state index in [1.165, 1.54) is 6.07 Å². The number of benzene rings is 3. The van der Waals surface area contributed by atoms with Crippen molar-refractivity contribution in [1.82, 2.24) is 10.9 Å². The Bertz CT molecular complexity index is 1160. The van der Waals surface area contributed by atoms with E-state index in [0.717, 1.165) is 16.3 Å². The van der Waals surface area contributed by atoms with Gasteiger partial charge in [-0.2, -0.15) is 0 Å². The smallest absolute Gasteiger partial charge is 0.305 e. The van der Waals surface area contributed by atoms with Gasteiger partial charge in [-0.3, -0.25) is 20.4 Å². The number of carbonyl (C=O) groups is 2. The second kappa shape index (κ2) is 8.96. The quantitative estimate of drug-likeness (QED) is 0.479. The monoisotopic (exact) mass is 400 g/mol. The van der Waals surface area contributed by atoms with Gasteiger partial charge in [0, 0.05) is 0 Å². The molecule has 2 amide bonds. The largest absolute Gasteiger partial charge is 0.486 e. The Morgan fingerprint density at radius 3 is 2.43 bits per heavy atom. The van der Waals surface area contributed by atoms with E-state index in [-0.39, 0.29) is 24.7 Å². The first-order valence-electron chi connectivity index (χ1n) is 9.51. The number of ether oxygens (including phenoxy) is 1. The molecule has 4 aromatic rings. The van der Waals surface area contributed by atoms with E-state index < -0.39 is 5.91 Å². The molecule has 6 nitrogen and oxygen atoms in total. The lowest BCUT2D eigenvalue weighted by Crippen LogP contribution is -2.42. The van der Waals surface area contributed by atoms with E-state index in [4.69, 9.17) is 9.15 Å². The van der Waals surface area contributed by atoms with E-state index in [1.807, 2.05) is 72.8 Å². The average Bonchev–Trinajstić information content (AvgIpc) is 3.26. The van der Waals surface area contributed by atoms with Gasteiger partial charge in [0.2, 0.25) is 5.91 Å². The van der Waals surface area contributed by atoms with Gasteiger partial charge in [-0.1, -0.05) is 60.7 Å². The molecule has 0 aliphatic carbocycles. The lowest BCUT2D eigenvalue weighted by molar-refractivity contribution is -0.121. The maximum absolute atomic E-state index is 12.3. The number of carbonyl (C=O) groups excluding carboxylic acids is 2. The van der Waals surface area contributed by atoms with Crippen molar-refractivity contribution in [3.63, 3.8) is 0 Å². The molecule has 0 unspecified atom stereocenters. The van der Waals surface area contributed by atoms with E-state index in [0.29, 0.717) is 11.5 Å². The minimum absolute atomic E-state index is 0.0899. The molecule has 1 aromatic heterocycles. The van der Waals surface area contributed by atoms with Crippen molar-refractivity contribution in [2.24, 2.45) is 0 Å². The number of nitrogens with one attached hydrogen (secondary N) is 2. The van der Waals surface area contributed by atoms with Crippen LogP contribution in [0, 0.1) is 0 Å². The Labute approximate surface area is 173 Å². The fourth-order valence-corrected chi connectivity index (χ4v) is 3.10. The van der Waals surface area contributed by atoms with E-state index >= 15 is 0 Å². The highest BCUT2D eigenvalue weighted by atomic mass is 16.5. The van der Waals surface area contributed by atoms with Gasteiger partial charge in [0.05, 0.1) is 6.42 Å². The summed E-state index contributed by atoms with van der Waals surface area (Å²) in [7, 11) is 0. The van der Waals surface area contributed by atoms with Crippen LogP contribution in [0.25, 0.3) is 10.8 Å². The molecule has 6 heteroatoms. The maximum atomic E-state index is 12.3. The lowest BCUT2D eigenvalue weighted by atomic mass is 10.0. The third-order valence-electron chi connectivity index (χ3n) is 4.56. The van der Waals surface area contributed by atoms with Crippen LogP contribution in [-0.4, -0.2) is 11.8 Å². The maximum Gasteiger partial charge on any atom is 0.305 e. The molecule has 4 rings (SSSR count). The molecular formula is C24H20N2O4. The Morgan fingerprint density at radius 2 is 1.57 bits per heavy atom. The van der Waals surface area contributed by atoms with E-state index in [2.05, 4.69) is 10.9 Å². The summed E-state index contributed by atoms with van der Waals surface area (Å²) in [5.74, 6) is 0.449. The SMILES string of the molecule is O=C(Cc1cccc2ccccc12)NNC(=O)c1ccc(COc2ccccc2)o1. The zero-order chi connectivity index (χ0) is 20.8. The topological polar surface area (TPSA) is 80.6 Å². The highest BCUT2D eigenvalue weighted by Gasteiger charge is 2.13. The van der Waals surface area contributed by atoms with Crippen molar-refractivity contribution in [2.75, 3.05) is 0 Å². The average molecular weight is 400 g/mol. The predicted molar refractivity (Wildman–Crippen MR) is 113 cm³/mol. The standard InChI is InChI=1S/C24H20N2O4/c27-23(15-18-9-6-8-17-7-4-5-12-21(17)18)25-26-24(28)22-14-13-20(30-22)16-29-19-10-2-1-3-11-19/h1-14H,15-16H2,(H,25,27)(H,26,28). The van der Waals surface area contributed by atoms with Crippen LogP contribution in [0.1, 0.15) is 21.9 Å². The Kier molecular flexibility index (Phi) is 5.75. The van der Waals surface area contributed by atoms with Crippen LogP contribution in [0.4, 0.5) is 0 Å². The molecule has 0 bridgehead atoms. The lowest BCUT2D eigenvalue weighted by Gasteiger charge is -2.08. The number of fused-ring (bicyclic) bond motifs is 1. The molecule has 0 aliphatic rings. The normalized spacial score (nSPS) is 10.5. The molecule has 0 spiro atoms. The molecule has 0 atom stereocenters. The number of hydrogen-bond acceptors (Lipinski definition) is 4. The summed E-state index contributed by atoms with van der Waals surface area (Å²) in [6, 6.07) is 26.2. The molecule has 150 valence electrons.